The standard InChI is InChI=1S/C20H23N3O5S/c1-20(15-7-5-4-6-8-15)18(24)23(19(25)21-20)13-14-28-16-9-11-17(12-10-16)29(26,27)22(2)3/h4-12H,13-14H2,1-3H3,(H,21,25)/t20-/m1/s1. The molecule has 0 aliphatic carbocycles. The molecule has 1 aliphatic heterocycles. The van der Waals surface area contributed by atoms with Gasteiger partial charge in [0.05, 0.1) is 11.4 Å². The molecule has 29 heavy (non-hydrogen) atoms. The summed E-state index contributed by atoms with van der Waals surface area (Å²) in [5.74, 6) is 0.102. The van der Waals surface area contributed by atoms with Crippen LogP contribution in [-0.2, 0) is 20.4 Å². The minimum Gasteiger partial charge on any atom is -0.492 e. The first-order valence-corrected chi connectivity index (χ1v) is 10.5. The molecule has 3 rings (SSSR count). The van der Waals surface area contributed by atoms with Crippen molar-refractivity contribution in [2.45, 2.75) is 17.4 Å². The highest BCUT2D eigenvalue weighted by Gasteiger charge is 2.48. The monoisotopic (exact) mass is 417 g/mol. The highest BCUT2D eigenvalue weighted by molar-refractivity contribution is 7.89. The molecule has 154 valence electrons. The van der Waals surface area contributed by atoms with Crippen LogP contribution in [0.25, 0.3) is 0 Å². The Kier molecular flexibility index (Phi) is 5.63. The van der Waals surface area contributed by atoms with E-state index in [0.717, 1.165) is 9.21 Å². The van der Waals surface area contributed by atoms with Crippen LogP contribution in [0, 0.1) is 0 Å². The van der Waals surface area contributed by atoms with Gasteiger partial charge in [-0.2, -0.15) is 0 Å². The fourth-order valence-electron chi connectivity index (χ4n) is 3.04. The lowest BCUT2D eigenvalue weighted by Gasteiger charge is -2.22. The summed E-state index contributed by atoms with van der Waals surface area (Å²) in [4.78, 5) is 26.4. The summed E-state index contributed by atoms with van der Waals surface area (Å²) in [6, 6.07) is 14.6. The number of sulfonamides is 1. The van der Waals surface area contributed by atoms with Crippen molar-refractivity contribution in [3.05, 3.63) is 60.2 Å². The fourth-order valence-corrected chi connectivity index (χ4v) is 3.94. The third kappa shape index (κ3) is 3.96. The molecule has 0 spiro atoms. The van der Waals surface area contributed by atoms with Gasteiger partial charge in [-0.15, -0.1) is 0 Å². The van der Waals surface area contributed by atoms with Crippen molar-refractivity contribution in [2.75, 3.05) is 27.2 Å². The summed E-state index contributed by atoms with van der Waals surface area (Å²) in [5.41, 5.74) is -0.403. The van der Waals surface area contributed by atoms with E-state index in [1.165, 1.54) is 38.4 Å². The molecule has 8 nitrogen and oxygen atoms in total. The van der Waals surface area contributed by atoms with Gasteiger partial charge in [-0.05, 0) is 36.8 Å². The molecular formula is C20H23N3O5S. The molecule has 3 amide bonds. The van der Waals surface area contributed by atoms with E-state index in [1.54, 1.807) is 19.1 Å². The maximum Gasteiger partial charge on any atom is 0.325 e. The Morgan fingerprint density at radius 3 is 2.24 bits per heavy atom. The van der Waals surface area contributed by atoms with E-state index in [0.29, 0.717) is 11.3 Å². The molecule has 0 unspecified atom stereocenters. The van der Waals surface area contributed by atoms with Crippen molar-refractivity contribution in [1.29, 1.82) is 0 Å². The van der Waals surface area contributed by atoms with E-state index in [-0.39, 0.29) is 24.0 Å². The number of urea groups is 1. The van der Waals surface area contributed by atoms with Gasteiger partial charge in [-0.25, -0.2) is 17.5 Å². The zero-order valence-electron chi connectivity index (χ0n) is 16.5. The van der Waals surface area contributed by atoms with Crippen molar-refractivity contribution >= 4 is 22.0 Å². The summed E-state index contributed by atoms with van der Waals surface area (Å²) >= 11 is 0. The van der Waals surface area contributed by atoms with Crippen molar-refractivity contribution in [2.24, 2.45) is 0 Å². The maximum absolute atomic E-state index is 12.8. The normalized spacial score (nSPS) is 19.5. The molecule has 0 aromatic heterocycles. The van der Waals surface area contributed by atoms with Crippen LogP contribution in [-0.4, -0.2) is 56.8 Å². The molecule has 9 heteroatoms. The van der Waals surface area contributed by atoms with Crippen LogP contribution in [0.5, 0.6) is 5.75 Å². The molecule has 1 saturated heterocycles. The molecule has 1 fully saturated rings. The Hall–Kier alpha value is -2.91. The first kappa shape index (κ1) is 20.8. The van der Waals surface area contributed by atoms with Gasteiger partial charge < -0.3 is 10.1 Å². The Balaban J connectivity index is 1.62. The number of amides is 3. The van der Waals surface area contributed by atoms with Crippen LogP contribution >= 0.6 is 0 Å². The lowest BCUT2D eigenvalue weighted by atomic mass is 9.92. The molecule has 1 N–H and O–H groups in total. The van der Waals surface area contributed by atoms with Crippen LogP contribution in [0.1, 0.15) is 12.5 Å². The molecular weight excluding hydrogens is 394 g/mol. The molecule has 1 heterocycles. The van der Waals surface area contributed by atoms with Gasteiger partial charge >= 0.3 is 6.03 Å². The Morgan fingerprint density at radius 1 is 1.03 bits per heavy atom. The zero-order valence-corrected chi connectivity index (χ0v) is 17.3. The smallest absolute Gasteiger partial charge is 0.325 e. The number of ether oxygens (including phenoxy) is 1. The molecule has 0 saturated carbocycles. The molecule has 0 bridgehead atoms. The van der Waals surface area contributed by atoms with Gasteiger partial charge in [0.1, 0.15) is 17.9 Å². The number of rotatable bonds is 7. The summed E-state index contributed by atoms with van der Waals surface area (Å²) in [5, 5.41) is 2.74. The van der Waals surface area contributed by atoms with E-state index in [9.17, 15) is 18.0 Å². The van der Waals surface area contributed by atoms with Crippen LogP contribution in [0.2, 0.25) is 0 Å². The largest absolute Gasteiger partial charge is 0.492 e. The van der Waals surface area contributed by atoms with Gasteiger partial charge in [-0.3, -0.25) is 9.69 Å². The van der Waals surface area contributed by atoms with E-state index >= 15 is 0 Å². The highest BCUT2D eigenvalue weighted by Crippen LogP contribution is 2.28. The highest BCUT2D eigenvalue weighted by atomic mass is 32.2. The predicted molar refractivity (Wildman–Crippen MR) is 107 cm³/mol. The molecule has 1 atom stereocenters. The molecule has 2 aromatic rings. The van der Waals surface area contributed by atoms with Gasteiger partial charge in [0.2, 0.25) is 10.0 Å². The second-order valence-corrected chi connectivity index (χ2v) is 9.14. The van der Waals surface area contributed by atoms with E-state index in [4.69, 9.17) is 4.74 Å². The third-order valence-electron chi connectivity index (χ3n) is 4.81. The molecule has 1 aliphatic rings. The van der Waals surface area contributed by atoms with Crippen LogP contribution in [0.3, 0.4) is 0 Å². The lowest BCUT2D eigenvalue weighted by molar-refractivity contribution is -0.131. The third-order valence-corrected chi connectivity index (χ3v) is 6.64. The minimum absolute atomic E-state index is 0.0742. The van der Waals surface area contributed by atoms with E-state index in [2.05, 4.69) is 5.32 Å². The van der Waals surface area contributed by atoms with Crippen LogP contribution in [0.4, 0.5) is 4.79 Å². The topological polar surface area (TPSA) is 96.0 Å². The first-order chi connectivity index (χ1) is 13.7. The van der Waals surface area contributed by atoms with Gasteiger partial charge in [-0.1, -0.05) is 30.3 Å². The van der Waals surface area contributed by atoms with E-state index in [1.807, 2.05) is 18.2 Å². The average molecular weight is 417 g/mol. The number of nitrogens with zero attached hydrogens (tertiary/aromatic N) is 2. The summed E-state index contributed by atoms with van der Waals surface area (Å²) in [7, 11) is -0.590. The summed E-state index contributed by atoms with van der Waals surface area (Å²) in [6.45, 7) is 1.84. The maximum atomic E-state index is 12.8. The number of carbonyl (C=O) groups excluding carboxylic acids is 2. The summed E-state index contributed by atoms with van der Waals surface area (Å²) < 4.78 is 30.9. The Morgan fingerprint density at radius 2 is 1.66 bits per heavy atom. The molecule has 2 aromatic carbocycles. The molecule has 0 radical (unpaired) electrons. The Bertz CT molecular complexity index is 1010. The van der Waals surface area contributed by atoms with Gasteiger partial charge in [0.25, 0.3) is 5.91 Å². The lowest BCUT2D eigenvalue weighted by Crippen LogP contribution is -2.41. The van der Waals surface area contributed by atoms with E-state index < -0.39 is 21.6 Å². The SMILES string of the molecule is CN(C)S(=O)(=O)c1ccc(OCCN2C(=O)N[C@](C)(c3ccccc3)C2=O)cc1. The predicted octanol–water partition coefficient (Wildman–Crippen LogP) is 1.78. The van der Waals surface area contributed by atoms with Gasteiger partial charge in [0, 0.05) is 14.1 Å². The first-order valence-electron chi connectivity index (χ1n) is 9.01. The number of hydrogen-bond donors (Lipinski definition) is 1. The van der Waals surface area contributed by atoms with Gasteiger partial charge in [0.15, 0.2) is 0 Å². The van der Waals surface area contributed by atoms with Crippen molar-refractivity contribution in [3.8, 4) is 5.75 Å². The average Bonchev–Trinajstić information content (AvgIpc) is 2.93. The number of hydrogen-bond acceptors (Lipinski definition) is 5. The van der Waals surface area contributed by atoms with Crippen molar-refractivity contribution < 1.29 is 22.7 Å². The Labute approximate surface area is 170 Å². The minimum atomic E-state index is -3.51. The second kappa shape index (κ2) is 7.84. The number of nitrogens with one attached hydrogen (secondary N) is 1. The zero-order chi connectivity index (χ0) is 21.2. The fraction of sp³-hybridized carbons (Fsp3) is 0.300. The quantitative estimate of drug-likeness (QED) is 0.693. The van der Waals surface area contributed by atoms with Crippen molar-refractivity contribution in [3.63, 3.8) is 0 Å². The van der Waals surface area contributed by atoms with Crippen LogP contribution < -0.4 is 10.1 Å². The summed E-state index contributed by atoms with van der Waals surface area (Å²) in [6.07, 6.45) is 0. The number of carbonyl (C=O) groups is 2. The second-order valence-electron chi connectivity index (χ2n) is 6.99. The number of imide groups is 1. The number of benzene rings is 2. The van der Waals surface area contributed by atoms with Crippen molar-refractivity contribution in [1.82, 2.24) is 14.5 Å². The van der Waals surface area contributed by atoms with Crippen LogP contribution in [0.15, 0.2) is 59.5 Å².